The number of ether oxygens (including phenoxy) is 1. The van der Waals surface area contributed by atoms with Gasteiger partial charge in [-0.3, -0.25) is 9.88 Å². The molecular formula is C27H25N3O3S. The van der Waals surface area contributed by atoms with Crippen molar-refractivity contribution in [2.24, 2.45) is 0 Å². The average molecular weight is 472 g/mol. The Bertz CT molecular complexity index is 1470. The van der Waals surface area contributed by atoms with Gasteiger partial charge in [-0.2, -0.15) is 4.31 Å². The van der Waals surface area contributed by atoms with Crippen molar-refractivity contribution in [3.05, 3.63) is 102 Å². The maximum atomic E-state index is 14.3. The normalized spacial score (nSPS) is 20.7. The number of pyridine rings is 1. The first-order valence-electron chi connectivity index (χ1n) is 11.4. The van der Waals surface area contributed by atoms with Crippen LogP contribution in [0.5, 0.6) is 5.75 Å². The summed E-state index contributed by atoms with van der Waals surface area (Å²) in [7, 11) is -2.28. The van der Waals surface area contributed by atoms with Gasteiger partial charge in [0, 0.05) is 24.7 Å². The van der Waals surface area contributed by atoms with Gasteiger partial charge >= 0.3 is 0 Å². The molecule has 6 rings (SSSR count). The molecule has 0 radical (unpaired) electrons. The molecule has 0 bridgehead atoms. The van der Waals surface area contributed by atoms with Crippen molar-refractivity contribution < 1.29 is 13.2 Å². The predicted octanol–water partition coefficient (Wildman–Crippen LogP) is 4.55. The van der Waals surface area contributed by atoms with E-state index in [1.807, 2.05) is 36.4 Å². The van der Waals surface area contributed by atoms with Crippen LogP contribution in [0.25, 0.3) is 10.9 Å². The summed E-state index contributed by atoms with van der Waals surface area (Å²) in [6, 6.07) is 25.2. The second kappa shape index (κ2) is 8.20. The molecule has 34 heavy (non-hydrogen) atoms. The van der Waals surface area contributed by atoms with Gasteiger partial charge in [0.15, 0.2) is 0 Å². The third-order valence-electron chi connectivity index (χ3n) is 6.99. The van der Waals surface area contributed by atoms with E-state index in [0.717, 1.165) is 18.5 Å². The van der Waals surface area contributed by atoms with E-state index in [9.17, 15) is 8.42 Å². The van der Waals surface area contributed by atoms with Crippen molar-refractivity contribution >= 4 is 20.9 Å². The lowest BCUT2D eigenvalue weighted by Crippen LogP contribution is -2.37. The van der Waals surface area contributed by atoms with Crippen molar-refractivity contribution in [2.75, 3.05) is 20.2 Å². The van der Waals surface area contributed by atoms with Gasteiger partial charge in [-0.15, -0.1) is 0 Å². The zero-order chi connectivity index (χ0) is 23.3. The summed E-state index contributed by atoms with van der Waals surface area (Å²) in [5, 5.41) is 0.568. The Balaban J connectivity index is 1.52. The van der Waals surface area contributed by atoms with Gasteiger partial charge in [0.1, 0.15) is 17.4 Å². The molecule has 172 valence electrons. The van der Waals surface area contributed by atoms with Crippen LogP contribution in [0, 0.1) is 0 Å². The number of fused-ring (bicyclic) bond motifs is 4. The number of sulfonamides is 1. The van der Waals surface area contributed by atoms with E-state index < -0.39 is 10.0 Å². The second-order valence-electron chi connectivity index (χ2n) is 8.73. The second-order valence-corrected chi connectivity index (χ2v) is 10.6. The molecule has 1 aromatic heterocycles. The topological polar surface area (TPSA) is 62.7 Å². The van der Waals surface area contributed by atoms with Crippen molar-refractivity contribution in [1.82, 2.24) is 14.2 Å². The van der Waals surface area contributed by atoms with E-state index >= 15 is 0 Å². The number of aromatic nitrogens is 1. The summed E-state index contributed by atoms with van der Waals surface area (Å²) < 4.78 is 35.8. The Morgan fingerprint density at radius 3 is 2.56 bits per heavy atom. The van der Waals surface area contributed by atoms with Crippen molar-refractivity contribution in [3.63, 3.8) is 0 Å². The summed E-state index contributed by atoms with van der Waals surface area (Å²) in [6.45, 7) is 1.20. The summed E-state index contributed by atoms with van der Waals surface area (Å²) in [4.78, 5) is 7.00. The number of nitrogens with zero attached hydrogens (tertiary/aromatic N) is 3. The van der Waals surface area contributed by atoms with Crippen LogP contribution in [0.3, 0.4) is 0 Å². The van der Waals surface area contributed by atoms with Crippen LogP contribution in [0.15, 0.2) is 90.0 Å². The van der Waals surface area contributed by atoms with Crippen molar-refractivity contribution in [2.45, 2.75) is 23.5 Å². The first-order chi connectivity index (χ1) is 16.6. The first kappa shape index (κ1) is 21.3. The molecular weight excluding hydrogens is 446 g/mol. The minimum Gasteiger partial charge on any atom is -0.494 e. The van der Waals surface area contributed by atoms with Crippen LogP contribution in [0.2, 0.25) is 0 Å². The third kappa shape index (κ3) is 3.23. The van der Waals surface area contributed by atoms with E-state index in [0.29, 0.717) is 23.2 Å². The maximum absolute atomic E-state index is 14.3. The molecule has 0 spiro atoms. The summed E-state index contributed by atoms with van der Waals surface area (Å²) in [6.07, 6.45) is 2.18. The van der Waals surface area contributed by atoms with E-state index in [-0.39, 0.29) is 17.1 Å². The number of hydrogen-bond acceptors (Lipinski definition) is 5. The third-order valence-corrected chi connectivity index (χ3v) is 8.87. The van der Waals surface area contributed by atoms with E-state index in [4.69, 9.17) is 4.74 Å². The zero-order valence-corrected chi connectivity index (χ0v) is 19.7. The fourth-order valence-electron chi connectivity index (χ4n) is 5.45. The molecule has 0 amide bonds. The fourth-order valence-corrected chi connectivity index (χ4v) is 7.23. The van der Waals surface area contributed by atoms with Gasteiger partial charge in [0.2, 0.25) is 10.0 Å². The first-order valence-corrected chi connectivity index (χ1v) is 12.9. The molecule has 3 heterocycles. The van der Waals surface area contributed by atoms with Gasteiger partial charge in [-0.25, -0.2) is 8.42 Å². The van der Waals surface area contributed by atoms with Crippen LogP contribution in [0.1, 0.15) is 28.9 Å². The molecule has 3 aromatic carbocycles. The summed E-state index contributed by atoms with van der Waals surface area (Å²) in [5.41, 5.74) is 4.04. The molecule has 0 N–H and O–H groups in total. The van der Waals surface area contributed by atoms with Crippen LogP contribution in [-0.4, -0.2) is 42.8 Å². The van der Waals surface area contributed by atoms with Crippen LogP contribution < -0.4 is 4.74 Å². The summed E-state index contributed by atoms with van der Waals surface area (Å²) >= 11 is 0. The lowest BCUT2D eigenvalue weighted by atomic mass is 9.93. The van der Waals surface area contributed by atoms with E-state index in [1.165, 1.54) is 11.1 Å². The molecule has 2 atom stereocenters. The van der Waals surface area contributed by atoms with Crippen LogP contribution >= 0.6 is 0 Å². The smallest absolute Gasteiger partial charge is 0.245 e. The highest BCUT2D eigenvalue weighted by Crippen LogP contribution is 2.47. The Labute approximate surface area is 199 Å². The number of hydrogen-bond donors (Lipinski definition) is 0. The van der Waals surface area contributed by atoms with E-state index in [1.54, 1.807) is 41.9 Å². The highest BCUT2D eigenvalue weighted by atomic mass is 32.2. The van der Waals surface area contributed by atoms with Crippen LogP contribution in [0.4, 0.5) is 0 Å². The molecule has 6 nitrogen and oxygen atoms in total. The number of benzene rings is 3. The number of rotatable bonds is 4. The SMILES string of the molecule is COc1ccc(S(=O)(=O)N2C[C@@H]3c4ccccc4CCN3[C@H]2c2ccccc2)c2cccnc12. The monoisotopic (exact) mass is 471 g/mol. The van der Waals surface area contributed by atoms with Gasteiger partial charge in [-0.05, 0) is 47.4 Å². The minimum absolute atomic E-state index is 0.00701. The van der Waals surface area contributed by atoms with Crippen molar-refractivity contribution in [3.8, 4) is 5.75 Å². The quantitative estimate of drug-likeness (QED) is 0.437. The molecule has 0 unspecified atom stereocenters. The van der Waals surface area contributed by atoms with Crippen LogP contribution in [-0.2, 0) is 16.4 Å². The minimum atomic E-state index is -3.85. The lowest BCUT2D eigenvalue weighted by molar-refractivity contribution is 0.154. The molecule has 2 aliphatic rings. The zero-order valence-electron chi connectivity index (χ0n) is 18.8. The largest absolute Gasteiger partial charge is 0.494 e. The molecule has 0 aliphatic carbocycles. The molecule has 0 saturated carbocycles. The van der Waals surface area contributed by atoms with Crippen molar-refractivity contribution in [1.29, 1.82) is 0 Å². The Morgan fingerprint density at radius 2 is 1.74 bits per heavy atom. The van der Waals surface area contributed by atoms with Gasteiger partial charge < -0.3 is 4.74 Å². The molecule has 7 heteroatoms. The van der Waals surface area contributed by atoms with Gasteiger partial charge in [-0.1, -0.05) is 54.6 Å². The Kier molecular flexibility index (Phi) is 5.13. The Hall–Kier alpha value is -3.26. The molecule has 1 saturated heterocycles. The summed E-state index contributed by atoms with van der Waals surface area (Å²) in [5.74, 6) is 0.557. The lowest BCUT2D eigenvalue weighted by Gasteiger charge is -2.35. The highest BCUT2D eigenvalue weighted by molar-refractivity contribution is 7.89. The average Bonchev–Trinajstić information content (AvgIpc) is 3.29. The highest BCUT2D eigenvalue weighted by Gasteiger charge is 2.48. The number of methoxy groups -OCH3 is 1. The Morgan fingerprint density at radius 1 is 0.941 bits per heavy atom. The van der Waals surface area contributed by atoms with Gasteiger partial charge in [0.25, 0.3) is 0 Å². The standard InChI is InChI=1S/C27H25N3O3S/c1-33-24-13-14-25(22-12-7-16-28-26(22)24)34(31,32)30-18-23-21-11-6-5-8-19(21)15-17-29(23)27(30)20-9-3-2-4-10-20/h2-14,16,23,27H,15,17-18H2,1H3/t23-,27-/m1/s1. The van der Waals surface area contributed by atoms with Gasteiger partial charge in [0.05, 0.1) is 18.0 Å². The van der Waals surface area contributed by atoms with E-state index in [2.05, 4.69) is 28.1 Å². The maximum Gasteiger partial charge on any atom is 0.245 e. The molecule has 2 aliphatic heterocycles. The fraction of sp³-hybridized carbons (Fsp3) is 0.222. The molecule has 4 aromatic rings. The predicted molar refractivity (Wildman–Crippen MR) is 131 cm³/mol. The molecule has 1 fully saturated rings.